The summed E-state index contributed by atoms with van der Waals surface area (Å²) in [6.07, 6.45) is 1.03. The van der Waals surface area contributed by atoms with Crippen LogP contribution in [0.5, 0.6) is 0 Å². The molecule has 0 bridgehead atoms. The molecule has 0 aliphatic carbocycles. The fourth-order valence-electron chi connectivity index (χ4n) is 4.87. The van der Waals surface area contributed by atoms with Crippen molar-refractivity contribution < 1.29 is 0 Å². The molecule has 4 rings (SSSR count). The van der Waals surface area contributed by atoms with Crippen LogP contribution >= 0.6 is 45.1 Å². The van der Waals surface area contributed by atoms with Crippen molar-refractivity contribution in [1.29, 1.82) is 0 Å². The molecular weight excluding hydrogens is 574 g/mol. The molecule has 0 heterocycles. The van der Waals surface area contributed by atoms with Crippen LogP contribution < -0.4 is 15.9 Å². The molecule has 0 saturated heterocycles. The maximum absolute atomic E-state index is 3.70. The van der Waals surface area contributed by atoms with Crippen LogP contribution in [0.1, 0.15) is 16.7 Å². The summed E-state index contributed by atoms with van der Waals surface area (Å²) in [7, 11) is 0. The summed E-state index contributed by atoms with van der Waals surface area (Å²) >= 11 is 6.37. The molecule has 3 heteroatoms. The van der Waals surface area contributed by atoms with Crippen LogP contribution in [0.15, 0.2) is 108 Å². The zero-order valence-electron chi connectivity index (χ0n) is 17.9. The second kappa shape index (κ2) is 9.17. The SMILES string of the molecule is Cc1cc(Br)cc(C)c1CP(CI)(c1ccccc1)(c1ccccc1)c1ccccc1. The van der Waals surface area contributed by atoms with Crippen LogP contribution in [-0.4, -0.2) is 4.17 Å². The van der Waals surface area contributed by atoms with Gasteiger partial charge in [-0.2, -0.15) is 0 Å². The van der Waals surface area contributed by atoms with Gasteiger partial charge in [0.25, 0.3) is 0 Å². The Morgan fingerprint density at radius 3 is 1.32 bits per heavy atom. The number of benzene rings is 4. The predicted molar refractivity (Wildman–Crippen MR) is 151 cm³/mol. The van der Waals surface area contributed by atoms with Gasteiger partial charge in [0.05, 0.1) is 0 Å². The van der Waals surface area contributed by atoms with Gasteiger partial charge >= 0.3 is 210 Å². The van der Waals surface area contributed by atoms with Gasteiger partial charge in [-0.05, 0) is 0 Å². The average Bonchev–Trinajstić information content (AvgIpc) is 2.81. The summed E-state index contributed by atoms with van der Waals surface area (Å²) in [5.74, 6) is 0. The van der Waals surface area contributed by atoms with Crippen molar-refractivity contribution >= 4 is 61.0 Å². The zero-order valence-corrected chi connectivity index (χ0v) is 22.6. The van der Waals surface area contributed by atoms with E-state index in [1.165, 1.54) is 32.6 Å². The molecule has 158 valence electrons. The summed E-state index contributed by atoms with van der Waals surface area (Å²) < 4.78 is 2.20. The van der Waals surface area contributed by atoms with Crippen molar-refractivity contribution in [3.05, 3.63) is 124 Å². The molecule has 0 aromatic heterocycles. The molecule has 0 aliphatic rings. The van der Waals surface area contributed by atoms with E-state index in [-0.39, 0.29) is 0 Å². The second-order valence-corrected chi connectivity index (χ2v) is 16.4. The zero-order chi connectivity index (χ0) is 21.9. The molecule has 0 fully saturated rings. The third-order valence-corrected chi connectivity index (χ3v) is 17.7. The number of hydrogen-bond donors (Lipinski definition) is 0. The Hall–Kier alpha value is -1.48. The third kappa shape index (κ3) is 3.81. The molecular formula is C28H27BrIP. The second-order valence-electron chi connectivity index (χ2n) is 8.31. The van der Waals surface area contributed by atoms with E-state index in [0.29, 0.717) is 0 Å². The summed E-state index contributed by atoms with van der Waals surface area (Å²) in [5.41, 5.74) is 4.18. The molecule has 4 aromatic rings. The van der Waals surface area contributed by atoms with E-state index in [2.05, 4.69) is 155 Å². The van der Waals surface area contributed by atoms with Gasteiger partial charge in [-0.25, -0.2) is 0 Å². The maximum atomic E-state index is 3.70. The average molecular weight is 601 g/mol. The van der Waals surface area contributed by atoms with Gasteiger partial charge in [0.1, 0.15) is 0 Å². The minimum atomic E-state index is -2.82. The molecule has 0 nitrogen and oxygen atoms in total. The first kappa shape index (κ1) is 22.7. The van der Waals surface area contributed by atoms with E-state index in [4.69, 9.17) is 0 Å². The van der Waals surface area contributed by atoms with Gasteiger partial charge in [-0.15, -0.1) is 0 Å². The Labute approximate surface area is 208 Å². The van der Waals surface area contributed by atoms with E-state index in [1.807, 2.05) is 0 Å². The van der Waals surface area contributed by atoms with Crippen LogP contribution in [0.4, 0.5) is 0 Å². The Balaban J connectivity index is 2.17. The molecule has 0 aliphatic heterocycles. The van der Waals surface area contributed by atoms with Crippen molar-refractivity contribution in [3.8, 4) is 0 Å². The molecule has 0 amide bonds. The van der Waals surface area contributed by atoms with E-state index in [0.717, 1.165) is 14.8 Å². The van der Waals surface area contributed by atoms with E-state index < -0.39 is 6.60 Å². The number of rotatable bonds is 6. The van der Waals surface area contributed by atoms with Crippen molar-refractivity contribution in [2.75, 3.05) is 4.17 Å². The first-order valence-corrected chi connectivity index (χ1v) is 15.4. The van der Waals surface area contributed by atoms with Crippen molar-refractivity contribution in [2.24, 2.45) is 0 Å². The fraction of sp³-hybridized carbons (Fsp3) is 0.143. The fourth-order valence-corrected chi connectivity index (χ4v) is 15.6. The van der Waals surface area contributed by atoms with Crippen LogP contribution in [0.2, 0.25) is 0 Å². The van der Waals surface area contributed by atoms with Gasteiger partial charge in [0.15, 0.2) is 0 Å². The molecule has 0 radical (unpaired) electrons. The first-order valence-electron chi connectivity index (χ1n) is 10.5. The molecule has 0 spiro atoms. The number of halogens is 2. The molecule has 4 aromatic carbocycles. The van der Waals surface area contributed by atoms with Gasteiger partial charge < -0.3 is 0 Å². The van der Waals surface area contributed by atoms with Crippen molar-refractivity contribution in [3.63, 3.8) is 0 Å². The van der Waals surface area contributed by atoms with E-state index >= 15 is 0 Å². The van der Waals surface area contributed by atoms with E-state index in [9.17, 15) is 0 Å². The Morgan fingerprint density at radius 2 is 1.00 bits per heavy atom. The minimum absolute atomic E-state index is 1.03. The Bertz CT molecular complexity index is 1050. The summed E-state index contributed by atoms with van der Waals surface area (Å²) in [6, 6.07) is 38.3. The Kier molecular flexibility index (Phi) is 6.72. The molecule has 0 N–H and O–H groups in total. The van der Waals surface area contributed by atoms with Crippen LogP contribution in [-0.2, 0) is 6.16 Å². The summed E-state index contributed by atoms with van der Waals surface area (Å²) in [4.78, 5) is 0. The number of alkyl halides is 1. The van der Waals surface area contributed by atoms with Crippen molar-refractivity contribution in [2.45, 2.75) is 20.0 Å². The van der Waals surface area contributed by atoms with Gasteiger partial charge in [-0.3, -0.25) is 0 Å². The van der Waals surface area contributed by atoms with Crippen molar-refractivity contribution in [1.82, 2.24) is 0 Å². The molecule has 31 heavy (non-hydrogen) atoms. The van der Waals surface area contributed by atoms with Crippen LogP contribution in [0.25, 0.3) is 0 Å². The third-order valence-electron chi connectivity index (χ3n) is 6.57. The molecule has 0 unspecified atom stereocenters. The number of hydrogen-bond acceptors (Lipinski definition) is 0. The van der Waals surface area contributed by atoms with Gasteiger partial charge in [-0.1, -0.05) is 0 Å². The quantitative estimate of drug-likeness (QED) is 0.122. The summed E-state index contributed by atoms with van der Waals surface area (Å²) in [5, 5.41) is 4.38. The predicted octanol–water partition coefficient (Wildman–Crippen LogP) is 7.49. The standard InChI is InChI=1S/C28H27BrIP/c1-22-18-24(29)19-23(2)28(22)20-31(21-30,25-12-6-3-7-13-25,26-14-8-4-9-15-26)27-16-10-5-11-17-27/h3-19H,20-21H2,1-2H3. The topological polar surface area (TPSA) is 0 Å². The number of aryl methyl sites for hydroxylation is 2. The molecule has 0 saturated carbocycles. The normalized spacial score (nSPS) is 12.8. The van der Waals surface area contributed by atoms with Gasteiger partial charge in [0, 0.05) is 0 Å². The molecule has 0 atom stereocenters. The van der Waals surface area contributed by atoms with Crippen LogP contribution in [0, 0.1) is 13.8 Å². The Morgan fingerprint density at radius 1 is 0.645 bits per heavy atom. The first-order chi connectivity index (χ1) is 15.0. The van der Waals surface area contributed by atoms with E-state index in [1.54, 1.807) is 0 Å². The summed E-state index contributed by atoms with van der Waals surface area (Å²) in [6.45, 7) is 1.70. The monoisotopic (exact) mass is 600 g/mol. The van der Waals surface area contributed by atoms with Gasteiger partial charge in [0.2, 0.25) is 0 Å². The van der Waals surface area contributed by atoms with Crippen LogP contribution in [0.3, 0.4) is 0 Å².